The fourth-order valence-corrected chi connectivity index (χ4v) is 2.39. The lowest BCUT2D eigenvalue weighted by Gasteiger charge is -2.14. The smallest absolute Gasteiger partial charge is 0.242 e. The zero-order valence-corrected chi connectivity index (χ0v) is 11.7. The van der Waals surface area contributed by atoms with Crippen LogP contribution in [0, 0.1) is 5.92 Å². The molecule has 1 aromatic carbocycles. The van der Waals surface area contributed by atoms with Gasteiger partial charge in [0.15, 0.2) is 0 Å². The van der Waals surface area contributed by atoms with Crippen molar-refractivity contribution in [3.63, 3.8) is 0 Å². The second kappa shape index (κ2) is 7.62. The zero-order chi connectivity index (χ0) is 12.7. The van der Waals surface area contributed by atoms with E-state index in [4.69, 9.17) is 11.6 Å². The van der Waals surface area contributed by atoms with E-state index in [9.17, 15) is 4.79 Å². The third-order valence-corrected chi connectivity index (χ3v) is 3.75. The lowest BCUT2D eigenvalue weighted by atomic mass is 10.1. The van der Waals surface area contributed by atoms with Crippen LogP contribution in [-0.4, -0.2) is 24.5 Å². The molecule has 1 N–H and O–H groups in total. The molecule has 0 aliphatic rings. The SMILES string of the molecule is CSCC(C)CNC(=O)C(Cl)c1ccccc1. The first-order chi connectivity index (χ1) is 8.15. The quantitative estimate of drug-likeness (QED) is 0.806. The molecule has 2 nitrogen and oxygen atoms in total. The summed E-state index contributed by atoms with van der Waals surface area (Å²) < 4.78 is 0. The van der Waals surface area contributed by atoms with E-state index in [1.807, 2.05) is 30.3 Å². The topological polar surface area (TPSA) is 29.1 Å². The van der Waals surface area contributed by atoms with Crippen molar-refractivity contribution in [1.82, 2.24) is 5.32 Å². The van der Waals surface area contributed by atoms with Crippen LogP contribution in [0.4, 0.5) is 0 Å². The van der Waals surface area contributed by atoms with Gasteiger partial charge in [0.25, 0.3) is 0 Å². The van der Waals surface area contributed by atoms with Gasteiger partial charge in [0.05, 0.1) is 0 Å². The Morgan fingerprint density at radius 2 is 2.06 bits per heavy atom. The molecule has 17 heavy (non-hydrogen) atoms. The highest BCUT2D eigenvalue weighted by molar-refractivity contribution is 7.98. The molecule has 0 aliphatic carbocycles. The number of benzene rings is 1. The Morgan fingerprint density at radius 3 is 2.65 bits per heavy atom. The average molecular weight is 272 g/mol. The lowest BCUT2D eigenvalue weighted by molar-refractivity contribution is -0.120. The summed E-state index contributed by atoms with van der Waals surface area (Å²) in [6.45, 7) is 2.79. The molecule has 2 atom stereocenters. The normalized spacial score (nSPS) is 14.1. The van der Waals surface area contributed by atoms with Gasteiger partial charge in [-0.15, -0.1) is 11.6 Å². The number of rotatable bonds is 6. The van der Waals surface area contributed by atoms with E-state index in [0.717, 1.165) is 11.3 Å². The molecule has 94 valence electrons. The molecule has 0 spiro atoms. The molecular weight excluding hydrogens is 254 g/mol. The number of amides is 1. The molecule has 0 bridgehead atoms. The fourth-order valence-electron chi connectivity index (χ4n) is 1.48. The first-order valence-corrected chi connectivity index (χ1v) is 7.43. The predicted molar refractivity (Wildman–Crippen MR) is 75.6 cm³/mol. The molecular formula is C13H18ClNOS. The Hall–Kier alpha value is -0.670. The number of carbonyl (C=O) groups excluding carboxylic acids is 1. The van der Waals surface area contributed by atoms with Gasteiger partial charge >= 0.3 is 0 Å². The maximum Gasteiger partial charge on any atom is 0.242 e. The van der Waals surface area contributed by atoms with Crippen LogP contribution < -0.4 is 5.32 Å². The number of hydrogen-bond acceptors (Lipinski definition) is 2. The van der Waals surface area contributed by atoms with Crippen LogP contribution in [0.1, 0.15) is 17.9 Å². The minimum atomic E-state index is -0.599. The number of carbonyl (C=O) groups is 1. The van der Waals surface area contributed by atoms with E-state index in [1.54, 1.807) is 11.8 Å². The maximum absolute atomic E-state index is 11.8. The summed E-state index contributed by atoms with van der Waals surface area (Å²) >= 11 is 7.88. The van der Waals surface area contributed by atoms with E-state index >= 15 is 0 Å². The minimum Gasteiger partial charge on any atom is -0.354 e. The first-order valence-electron chi connectivity index (χ1n) is 5.60. The Labute approximate surface area is 112 Å². The van der Waals surface area contributed by atoms with Gasteiger partial charge in [-0.1, -0.05) is 37.3 Å². The van der Waals surface area contributed by atoms with Crippen LogP contribution in [0.5, 0.6) is 0 Å². The maximum atomic E-state index is 11.8. The number of hydrogen-bond donors (Lipinski definition) is 1. The van der Waals surface area contributed by atoms with Crippen LogP contribution in [0.15, 0.2) is 30.3 Å². The van der Waals surface area contributed by atoms with Crippen molar-refractivity contribution in [3.8, 4) is 0 Å². The van der Waals surface area contributed by atoms with E-state index in [2.05, 4.69) is 18.5 Å². The number of halogens is 1. The van der Waals surface area contributed by atoms with Gasteiger partial charge < -0.3 is 5.32 Å². The Morgan fingerprint density at radius 1 is 1.41 bits per heavy atom. The van der Waals surface area contributed by atoms with Crippen molar-refractivity contribution in [2.45, 2.75) is 12.3 Å². The molecule has 1 aromatic rings. The molecule has 0 heterocycles. The van der Waals surface area contributed by atoms with Crippen molar-refractivity contribution in [3.05, 3.63) is 35.9 Å². The highest BCUT2D eigenvalue weighted by Gasteiger charge is 2.17. The van der Waals surface area contributed by atoms with Gasteiger partial charge in [-0.3, -0.25) is 4.79 Å². The fraction of sp³-hybridized carbons (Fsp3) is 0.462. The summed E-state index contributed by atoms with van der Waals surface area (Å²) in [4.78, 5) is 11.8. The van der Waals surface area contributed by atoms with E-state index in [0.29, 0.717) is 12.5 Å². The third-order valence-electron chi connectivity index (χ3n) is 2.40. The van der Waals surface area contributed by atoms with Gasteiger partial charge in [-0.2, -0.15) is 11.8 Å². The number of nitrogens with one attached hydrogen (secondary N) is 1. The second-order valence-electron chi connectivity index (χ2n) is 4.08. The molecule has 1 rings (SSSR count). The zero-order valence-electron chi connectivity index (χ0n) is 10.2. The van der Waals surface area contributed by atoms with Gasteiger partial charge in [0.1, 0.15) is 5.38 Å². The highest BCUT2D eigenvalue weighted by atomic mass is 35.5. The van der Waals surface area contributed by atoms with Gasteiger partial charge in [0.2, 0.25) is 5.91 Å². The van der Waals surface area contributed by atoms with Crippen molar-refractivity contribution < 1.29 is 4.79 Å². The Kier molecular flexibility index (Phi) is 6.45. The minimum absolute atomic E-state index is 0.120. The Balaban J connectivity index is 2.43. The average Bonchev–Trinajstić information content (AvgIpc) is 2.36. The summed E-state index contributed by atoms with van der Waals surface area (Å²) in [5.74, 6) is 1.39. The first kappa shape index (κ1) is 14.4. The highest BCUT2D eigenvalue weighted by Crippen LogP contribution is 2.19. The molecule has 0 saturated heterocycles. The summed E-state index contributed by atoms with van der Waals surface area (Å²) in [6.07, 6.45) is 2.06. The molecule has 0 aromatic heterocycles. The van der Waals surface area contributed by atoms with Crippen molar-refractivity contribution in [1.29, 1.82) is 0 Å². The van der Waals surface area contributed by atoms with Crippen LogP contribution in [0.2, 0.25) is 0 Å². The summed E-state index contributed by atoms with van der Waals surface area (Å²) in [5.41, 5.74) is 0.837. The van der Waals surface area contributed by atoms with Gasteiger partial charge in [0, 0.05) is 6.54 Å². The van der Waals surface area contributed by atoms with Gasteiger partial charge in [-0.25, -0.2) is 0 Å². The van der Waals surface area contributed by atoms with Crippen LogP contribution in [0.25, 0.3) is 0 Å². The molecule has 0 aliphatic heterocycles. The monoisotopic (exact) mass is 271 g/mol. The van der Waals surface area contributed by atoms with Crippen molar-refractivity contribution >= 4 is 29.3 Å². The van der Waals surface area contributed by atoms with Gasteiger partial charge in [-0.05, 0) is 23.5 Å². The van der Waals surface area contributed by atoms with Crippen molar-refractivity contribution in [2.24, 2.45) is 5.92 Å². The van der Waals surface area contributed by atoms with Crippen molar-refractivity contribution in [2.75, 3.05) is 18.6 Å². The van der Waals surface area contributed by atoms with E-state index in [1.165, 1.54) is 0 Å². The molecule has 0 saturated carbocycles. The Bertz CT molecular complexity index is 345. The summed E-state index contributed by atoms with van der Waals surface area (Å²) in [5, 5.41) is 2.28. The standard InChI is InChI=1S/C13H18ClNOS/c1-10(9-17-2)8-15-13(16)12(14)11-6-4-3-5-7-11/h3-7,10,12H,8-9H2,1-2H3,(H,15,16). The van der Waals surface area contributed by atoms with Crippen LogP contribution >= 0.6 is 23.4 Å². The molecule has 0 radical (unpaired) electrons. The number of alkyl halides is 1. The largest absolute Gasteiger partial charge is 0.354 e. The third kappa shape index (κ3) is 5.00. The molecule has 2 unspecified atom stereocenters. The van der Waals surface area contributed by atoms with E-state index in [-0.39, 0.29) is 5.91 Å². The summed E-state index contributed by atoms with van der Waals surface area (Å²) in [6, 6.07) is 9.40. The van der Waals surface area contributed by atoms with Crippen LogP contribution in [-0.2, 0) is 4.79 Å². The molecule has 1 amide bonds. The summed E-state index contributed by atoms with van der Waals surface area (Å²) in [7, 11) is 0. The lowest BCUT2D eigenvalue weighted by Crippen LogP contribution is -2.31. The predicted octanol–water partition coefficient (Wildman–Crippen LogP) is 3.08. The molecule has 0 fully saturated rings. The number of thioether (sulfide) groups is 1. The van der Waals surface area contributed by atoms with Crippen LogP contribution in [0.3, 0.4) is 0 Å². The van der Waals surface area contributed by atoms with E-state index < -0.39 is 5.38 Å². The molecule has 4 heteroatoms. The second-order valence-corrected chi connectivity index (χ2v) is 5.43.